The molecule has 2 rings (SSSR count). The maximum absolute atomic E-state index is 11.9. The molecule has 0 saturated heterocycles. The van der Waals surface area contributed by atoms with Crippen LogP contribution in [0.15, 0.2) is 34.5 Å². The van der Waals surface area contributed by atoms with E-state index in [9.17, 15) is 9.59 Å². The van der Waals surface area contributed by atoms with Crippen molar-refractivity contribution in [3.63, 3.8) is 0 Å². The van der Waals surface area contributed by atoms with Crippen LogP contribution in [-0.2, 0) is 9.53 Å². The second-order valence-corrected chi connectivity index (χ2v) is 6.18. The van der Waals surface area contributed by atoms with E-state index in [1.54, 1.807) is 19.4 Å². The molecule has 1 aromatic carbocycles. The number of benzene rings is 1. The van der Waals surface area contributed by atoms with E-state index >= 15 is 0 Å². The van der Waals surface area contributed by atoms with Crippen molar-refractivity contribution in [2.24, 2.45) is 0 Å². The average molecular weight is 352 g/mol. The molecule has 0 radical (unpaired) electrons. The first kappa shape index (κ1) is 17.3. The summed E-state index contributed by atoms with van der Waals surface area (Å²) in [5, 5.41) is 4.61. The van der Waals surface area contributed by atoms with Crippen LogP contribution < -0.4 is 10.1 Å². The molecule has 6 nitrogen and oxygen atoms in total. The number of esters is 1. The first-order valence-corrected chi connectivity index (χ1v) is 8.68. The summed E-state index contributed by atoms with van der Waals surface area (Å²) in [4.78, 5) is 28.4. The first-order valence-electron chi connectivity index (χ1n) is 6.81. The molecule has 1 heterocycles. The molecule has 23 heavy (non-hydrogen) atoms. The molecule has 0 aliphatic heterocycles. The molecular formula is C15H16N2O4S2. The average Bonchev–Trinajstić information content (AvgIpc) is 3.02. The Morgan fingerprint density at radius 1 is 1.30 bits per heavy atom. The van der Waals surface area contributed by atoms with Crippen molar-refractivity contribution >= 4 is 40.1 Å². The standard InChI is InChI=1S/C15H16N2O4S2/c1-3-21-14(19)12-8-23-15(16-12)17-13(18)9-22-11-6-4-10(20-2)5-7-11/h4-8H,3,9H2,1-2H3,(H,16,17,18). The molecular weight excluding hydrogens is 336 g/mol. The Labute approximate surface area is 142 Å². The Balaban J connectivity index is 1.83. The SMILES string of the molecule is CCOC(=O)c1csc(NC(=O)CSc2ccc(OC)cc2)n1. The van der Waals surface area contributed by atoms with Crippen LogP contribution in [0.25, 0.3) is 0 Å². The highest BCUT2D eigenvalue weighted by atomic mass is 32.2. The lowest BCUT2D eigenvalue weighted by Crippen LogP contribution is -2.14. The lowest BCUT2D eigenvalue weighted by molar-refractivity contribution is -0.113. The molecule has 0 unspecified atom stereocenters. The molecule has 0 atom stereocenters. The predicted octanol–water partition coefficient (Wildman–Crippen LogP) is 3.06. The molecule has 0 aliphatic rings. The second-order valence-electron chi connectivity index (χ2n) is 4.27. The maximum Gasteiger partial charge on any atom is 0.357 e. The van der Waals surface area contributed by atoms with Gasteiger partial charge >= 0.3 is 5.97 Å². The van der Waals surface area contributed by atoms with Crippen LogP contribution in [0.3, 0.4) is 0 Å². The van der Waals surface area contributed by atoms with Gasteiger partial charge in [0.05, 0.1) is 19.5 Å². The number of aromatic nitrogens is 1. The Hall–Kier alpha value is -2.06. The summed E-state index contributed by atoms with van der Waals surface area (Å²) in [6.45, 7) is 2.01. The van der Waals surface area contributed by atoms with Gasteiger partial charge in [0.15, 0.2) is 10.8 Å². The minimum Gasteiger partial charge on any atom is -0.497 e. The number of hydrogen-bond donors (Lipinski definition) is 1. The lowest BCUT2D eigenvalue weighted by atomic mass is 10.3. The normalized spacial score (nSPS) is 10.2. The smallest absolute Gasteiger partial charge is 0.357 e. The number of nitrogens with one attached hydrogen (secondary N) is 1. The zero-order valence-corrected chi connectivity index (χ0v) is 14.3. The topological polar surface area (TPSA) is 77.5 Å². The van der Waals surface area contributed by atoms with Crippen molar-refractivity contribution in [3.8, 4) is 5.75 Å². The molecule has 122 valence electrons. The van der Waals surface area contributed by atoms with Gasteiger partial charge in [0.2, 0.25) is 5.91 Å². The molecule has 1 N–H and O–H groups in total. The Morgan fingerprint density at radius 3 is 2.70 bits per heavy atom. The Bertz CT molecular complexity index is 670. The van der Waals surface area contributed by atoms with Crippen LogP contribution in [0.1, 0.15) is 17.4 Å². The molecule has 2 aromatic rings. The molecule has 8 heteroatoms. The van der Waals surface area contributed by atoms with Crippen LogP contribution >= 0.6 is 23.1 Å². The van der Waals surface area contributed by atoms with Gasteiger partial charge in [-0.2, -0.15) is 0 Å². The van der Waals surface area contributed by atoms with Gasteiger partial charge in [0.1, 0.15) is 5.75 Å². The van der Waals surface area contributed by atoms with Crippen LogP contribution in [0, 0.1) is 0 Å². The van der Waals surface area contributed by atoms with Gasteiger partial charge in [-0.1, -0.05) is 0 Å². The number of rotatable bonds is 7. The van der Waals surface area contributed by atoms with Crippen molar-refractivity contribution in [2.45, 2.75) is 11.8 Å². The summed E-state index contributed by atoms with van der Waals surface area (Å²) >= 11 is 2.59. The number of anilines is 1. The van der Waals surface area contributed by atoms with E-state index in [4.69, 9.17) is 9.47 Å². The van der Waals surface area contributed by atoms with Crippen molar-refractivity contribution in [2.75, 3.05) is 24.8 Å². The molecule has 0 saturated carbocycles. The van der Waals surface area contributed by atoms with Crippen LogP contribution in [0.4, 0.5) is 5.13 Å². The van der Waals surface area contributed by atoms with Crippen LogP contribution in [0.2, 0.25) is 0 Å². The highest BCUT2D eigenvalue weighted by Crippen LogP contribution is 2.22. The zero-order valence-electron chi connectivity index (χ0n) is 12.7. The highest BCUT2D eigenvalue weighted by Gasteiger charge is 2.13. The van der Waals surface area contributed by atoms with Gasteiger partial charge in [-0.05, 0) is 31.2 Å². The minimum atomic E-state index is -0.489. The molecule has 1 aromatic heterocycles. The molecule has 1 amide bonds. The Morgan fingerprint density at radius 2 is 2.04 bits per heavy atom. The zero-order chi connectivity index (χ0) is 16.7. The lowest BCUT2D eigenvalue weighted by Gasteiger charge is -2.03. The van der Waals surface area contributed by atoms with Crippen molar-refractivity contribution in [1.29, 1.82) is 0 Å². The second kappa shape index (κ2) is 8.54. The first-order chi connectivity index (χ1) is 11.1. The van der Waals surface area contributed by atoms with E-state index in [-0.39, 0.29) is 24.0 Å². The van der Waals surface area contributed by atoms with Crippen LogP contribution in [-0.4, -0.2) is 36.3 Å². The number of thiazole rings is 1. The number of ether oxygens (including phenoxy) is 2. The third-order valence-electron chi connectivity index (χ3n) is 2.66. The monoisotopic (exact) mass is 352 g/mol. The quantitative estimate of drug-likeness (QED) is 0.609. The van der Waals surface area contributed by atoms with Gasteiger partial charge < -0.3 is 14.8 Å². The molecule has 0 bridgehead atoms. The fraction of sp³-hybridized carbons (Fsp3) is 0.267. The van der Waals surface area contributed by atoms with Gasteiger partial charge in [0, 0.05) is 10.3 Å². The fourth-order valence-corrected chi connectivity index (χ4v) is 3.00. The molecule has 0 spiro atoms. The maximum atomic E-state index is 11.9. The van der Waals surface area contributed by atoms with Gasteiger partial charge in [-0.15, -0.1) is 23.1 Å². The summed E-state index contributed by atoms with van der Waals surface area (Å²) in [5.74, 6) is 0.348. The third-order valence-corrected chi connectivity index (χ3v) is 4.43. The summed E-state index contributed by atoms with van der Waals surface area (Å²) < 4.78 is 9.93. The van der Waals surface area contributed by atoms with Gasteiger partial charge in [0.25, 0.3) is 0 Å². The van der Waals surface area contributed by atoms with E-state index in [0.29, 0.717) is 5.13 Å². The summed E-state index contributed by atoms with van der Waals surface area (Å²) in [6.07, 6.45) is 0. The van der Waals surface area contributed by atoms with Gasteiger partial charge in [-0.3, -0.25) is 4.79 Å². The number of carbonyl (C=O) groups is 2. The third kappa shape index (κ3) is 5.26. The predicted molar refractivity (Wildman–Crippen MR) is 90.4 cm³/mol. The van der Waals surface area contributed by atoms with Crippen molar-refractivity contribution in [1.82, 2.24) is 4.98 Å². The minimum absolute atomic E-state index is 0.185. The van der Waals surface area contributed by atoms with Crippen molar-refractivity contribution in [3.05, 3.63) is 35.3 Å². The van der Waals surface area contributed by atoms with E-state index in [1.165, 1.54) is 23.1 Å². The number of carbonyl (C=O) groups excluding carboxylic acids is 2. The van der Waals surface area contributed by atoms with Crippen molar-refractivity contribution < 1.29 is 19.1 Å². The summed E-state index contributed by atoms with van der Waals surface area (Å²) in [6, 6.07) is 7.46. The largest absolute Gasteiger partial charge is 0.497 e. The number of nitrogens with zero attached hydrogens (tertiary/aromatic N) is 1. The molecule has 0 aliphatic carbocycles. The fourth-order valence-electron chi connectivity index (χ4n) is 1.61. The number of thioether (sulfide) groups is 1. The highest BCUT2D eigenvalue weighted by molar-refractivity contribution is 8.00. The summed E-state index contributed by atoms with van der Waals surface area (Å²) in [5.41, 5.74) is 0.204. The van der Waals surface area contributed by atoms with E-state index in [0.717, 1.165) is 10.6 Å². The number of amides is 1. The molecule has 0 fully saturated rings. The number of hydrogen-bond acceptors (Lipinski definition) is 7. The Kier molecular flexibility index (Phi) is 6.42. The van der Waals surface area contributed by atoms with E-state index < -0.39 is 5.97 Å². The van der Waals surface area contributed by atoms with Crippen LogP contribution in [0.5, 0.6) is 5.75 Å². The number of methoxy groups -OCH3 is 1. The summed E-state index contributed by atoms with van der Waals surface area (Å²) in [7, 11) is 1.61. The van der Waals surface area contributed by atoms with Gasteiger partial charge in [-0.25, -0.2) is 9.78 Å². The van der Waals surface area contributed by atoms with E-state index in [2.05, 4.69) is 10.3 Å². The van der Waals surface area contributed by atoms with E-state index in [1.807, 2.05) is 24.3 Å².